The van der Waals surface area contributed by atoms with Gasteiger partial charge in [-0.15, -0.1) is 13.2 Å². The second-order valence-electron chi connectivity index (χ2n) is 3.92. The highest BCUT2D eigenvalue weighted by atomic mass is 14.3. The van der Waals surface area contributed by atoms with Crippen molar-refractivity contribution in [3.05, 3.63) is 66.3 Å². The fourth-order valence-corrected chi connectivity index (χ4v) is 2.27. The van der Waals surface area contributed by atoms with Crippen molar-refractivity contribution in [1.29, 1.82) is 0 Å². The second kappa shape index (κ2) is 4.31. The third kappa shape index (κ3) is 1.80. The Hall–Kier alpha value is -1.56. The maximum absolute atomic E-state index is 3.84. The van der Waals surface area contributed by atoms with E-state index >= 15 is 0 Å². The van der Waals surface area contributed by atoms with Crippen LogP contribution >= 0.6 is 0 Å². The molecule has 1 aromatic carbocycles. The molecule has 0 spiro atoms. The van der Waals surface area contributed by atoms with Gasteiger partial charge in [0.1, 0.15) is 0 Å². The van der Waals surface area contributed by atoms with Crippen molar-refractivity contribution in [1.82, 2.24) is 0 Å². The van der Waals surface area contributed by atoms with Gasteiger partial charge in [0.2, 0.25) is 0 Å². The van der Waals surface area contributed by atoms with E-state index in [1.54, 1.807) is 0 Å². The minimum absolute atomic E-state index is 0.525. The van der Waals surface area contributed by atoms with Crippen molar-refractivity contribution in [3.63, 3.8) is 0 Å². The van der Waals surface area contributed by atoms with E-state index in [0.717, 1.165) is 12.8 Å². The van der Waals surface area contributed by atoms with Gasteiger partial charge < -0.3 is 0 Å². The van der Waals surface area contributed by atoms with Gasteiger partial charge in [-0.2, -0.15) is 0 Å². The maximum Gasteiger partial charge on any atom is 0.00949 e. The molecule has 0 radical (unpaired) electrons. The molecule has 0 saturated carbocycles. The van der Waals surface area contributed by atoms with E-state index in [-0.39, 0.29) is 0 Å². The predicted octanol–water partition coefficient (Wildman–Crippen LogP) is 4.32. The van der Waals surface area contributed by atoms with Crippen molar-refractivity contribution >= 4 is 6.08 Å². The third-order valence-corrected chi connectivity index (χ3v) is 2.94. The summed E-state index contributed by atoms with van der Waals surface area (Å²) < 4.78 is 0. The number of hydrogen-bond donors (Lipinski definition) is 0. The molecule has 76 valence electrons. The molecular formula is C15H16. The van der Waals surface area contributed by atoms with Gasteiger partial charge >= 0.3 is 0 Å². The minimum Gasteiger partial charge on any atom is -0.103 e. The first-order chi connectivity index (χ1) is 7.36. The van der Waals surface area contributed by atoms with Gasteiger partial charge in [-0.05, 0) is 24.0 Å². The van der Waals surface area contributed by atoms with Crippen LogP contribution in [0.1, 0.15) is 29.9 Å². The number of benzene rings is 1. The van der Waals surface area contributed by atoms with Crippen LogP contribution in [0.3, 0.4) is 0 Å². The molecule has 1 atom stereocenters. The zero-order valence-corrected chi connectivity index (χ0v) is 8.95. The standard InChI is InChI=1S/C15H16/c1-3-7-12-11-13-9-5-6-10-15(13)14(12)8-4-2/h3-6,9-11,14H,1-2,7-8H2/t14-/m1/s1. The Morgan fingerprint density at radius 3 is 2.67 bits per heavy atom. The topological polar surface area (TPSA) is 0 Å². The van der Waals surface area contributed by atoms with Crippen molar-refractivity contribution in [3.8, 4) is 0 Å². The lowest BCUT2D eigenvalue weighted by molar-refractivity contribution is 0.809. The smallest absolute Gasteiger partial charge is 0.00949 e. The highest BCUT2D eigenvalue weighted by molar-refractivity contribution is 5.66. The normalized spacial score (nSPS) is 18.1. The highest BCUT2D eigenvalue weighted by Gasteiger charge is 2.22. The second-order valence-corrected chi connectivity index (χ2v) is 3.92. The van der Waals surface area contributed by atoms with E-state index in [4.69, 9.17) is 0 Å². The SMILES string of the molecule is C=CCC1=Cc2ccccc2[C@@H]1CC=C. The van der Waals surface area contributed by atoms with Gasteiger partial charge in [-0.25, -0.2) is 0 Å². The molecule has 0 aliphatic heterocycles. The molecule has 0 saturated heterocycles. The third-order valence-electron chi connectivity index (χ3n) is 2.94. The lowest BCUT2D eigenvalue weighted by Crippen LogP contribution is -1.96. The van der Waals surface area contributed by atoms with Gasteiger partial charge in [-0.1, -0.05) is 48.1 Å². The predicted molar refractivity (Wildman–Crippen MR) is 66.8 cm³/mol. The quantitative estimate of drug-likeness (QED) is 0.629. The largest absolute Gasteiger partial charge is 0.103 e. The van der Waals surface area contributed by atoms with Crippen LogP contribution in [0.2, 0.25) is 0 Å². The Labute approximate surface area is 91.6 Å². The molecule has 1 aromatic rings. The Morgan fingerprint density at radius 2 is 1.93 bits per heavy atom. The first-order valence-corrected chi connectivity index (χ1v) is 5.38. The van der Waals surface area contributed by atoms with Gasteiger partial charge in [-0.3, -0.25) is 0 Å². The van der Waals surface area contributed by atoms with E-state index < -0.39 is 0 Å². The molecule has 1 aliphatic rings. The molecule has 0 unspecified atom stereocenters. The van der Waals surface area contributed by atoms with Crippen LogP contribution in [0.5, 0.6) is 0 Å². The zero-order chi connectivity index (χ0) is 10.7. The molecule has 0 heteroatoms. The van der Waals surface area contributed by atoms with Crippen LogP contribution in [-0.4, -0.2) is 0 Å². The van der Waals surface area contributed by atoms with E-state index in [2.05, 4.69) is 43.5 Å². The minimum atomic E-state index is 0.525. The Balaban J connectivity index is 2.37. The van der Waals surface area contributed by atoms with Crippen molar-refractivity contribution in [2.45, 2.75) is 18.8 Å². The number of allylic oxidation sites excluding steroid dienone is 3. The summed E-state index contributed by atoms with van der Waals surface area (Å²) >= 11 is 0. The molecule has 0 bridgehead atoms. The van der Waals surface area contributed by atoms with E-state index in [0.29, 0.717) is 5.92 Å². The van der Waals surface area contributed by atoms with Crippen LogP contribution < -0.4 is 0 Å². The summed E-state index contributed by atoms with van der Waals surface area (Å²) in [6, 6.07) is 8.61. The van der Waals surface area contributed by atoms with Crippen molar-refractivity contribution < 1.29 is 0 Å². The summed E-state index contributed by atoms with van der Waals surface area (Å²) in [6.45, 7) is 7.65. The lowest BCUT2D eigenvalue weighted by Gasteiger charge is -2.13. The number of hydrogen-bond acceptors (Lipinski definition) is 0. The first kappa shape index (κ1) is 9.97. The summed E-state index contributed by atoms with van der Waals surface area (Å²) in [5.41, 5.74) is 4.27. The maximum atomic E-state index is 3.84. The van der Waals surface area contributed by atoms with Crippen molar-refractivity contribution in [2.75, 3.05) is 0 Å². The molecule has 0 fully saturated rings. The lowest BCUT2D eigenvalue weighted by atomic mass is 9.91. The molecule has 15 heavy (non-hydrogen) atoms. The van der Waals surface area contributed by atoms with Crippen LogP contribution in [0.15, 0.2) is 55.1 Å². The van der Waals surface area contributed by atoms with Crippen LogP contribution in [-0.2, 0) is 0 Å². The molecule has 0 nitrogen and oxygen atoms in total. The highest BCUT2D eigenvalue weighted by Crippen LogP contribution is 2.40. The van der Waals surface area contributed by atoms with Crippen LogP contribution in [0, 0.1) is 0 Å². The average molecular weight is 196 g/mol. The fourth-order valence-electron chi connectivity index (χ4n) is 2.27. The van der Waals surface area contributed by atoms with E-state index in [1.165, 1.54) is 16.7 Å². The Bertz CT molecular complexity index is 410. The summed E-state index contributed by atoms with van der Waals surface area (Å²) in [7, 11) is 0. The monoisotopic (exact) mass is 196 g/mol. The molecule has 0 amide bonds. The van der Waals surface area contributed by atoms with Gasteiger partial charge in [0.25, 0.3) is 0 Å². The molecule has 1 aliphatic carbocycles. The number of fused-ring (bicyclic) bond motifs is 1. The van der Waals surface area contributed by atoms with Gasteiger partial charge in [0.05, 0.1) is 0 Å². The summed E-state index contributed by atoms with van der Waals surface area (Å²) in [5.74, 6) is 0.525. The summed E-state index contributed by atoms with van der Waals surface area (Å²) in [5, 5.41) is 0. The first-order valence-electron chi connectivity index (χ1n) is 5.38. The Morgan fingerprint density at radius 1 is 1.13 bits per heavy atom. The Kier molecular flexibility index (Phi) is 2.86. The van der Waals surface area contributed by atoms with E-state index in [1.807, 2.05) is 12.2 Å². The van der Waals surface area contributed by atoms with Crippen molar-refractivity contribution in [2.24, 2.45) is 0 Å². The summed E-state index contributed by atoms with van der Waals surface area (Å²) in [6.07, 6.45) is 8.28. The molecule has 0 N–H and O–H groups in total. The van der Waals surface area contributed by atoms with Crippen LogP contribution in [0.4, 0.5) is 0 Å². The molecule has 2 rings (SSSR count). The molecule has 0 heterocycles. The molecular weight excluding hydrogens is 180 g/mol. The average Bonchev–Trinajstić information content (AvgIpc) is 2.59. The van der Waals surface area contributed by atoms with E-state index in [9.17, 15) is 0 Å². The van der Waals surface area contributed by atoms with Gasteiger partial charge in [0.15, 0.2) is 0 Å². The van der Waals surface area contributed by atoms with Crippen LogP contribution in [0.25, 0.3) is 6.08 Å². The number of rotatable bonds is 4. The van der Waals surface area contributed by atoms with Gasteiger partial charge in [0, 0.05) is 5.92 Å². The molecule has 0 aromatic heterocycles. The fraction of sp³-hybridized carbons (Fsp3) is 0.200. The summed E-state index contributed by atoms with van der Waals surface area (Å²) in [4.78, 5) is 0. The zero-order valence-electron chi connectivity index (χ0n) is 8.95.